The Bertz CT molecular complexity index is 1360. The average molecular weight is 551 g/mol. The largest absolute Gasteiger partial charge is 0.497 e. The van der Waals surface area contributed by atoms with Gasteiger partial charge in [0.05, 0.1) is 19.2 Å². The van der Waals surface area contributed by atoms with Gasteiger partial charge < -0.3 is 24.4 Å². The van der Waals surface area contributed by atoms with Crippen LogP contribution < -0.4 is 10.1 Å². The maximum absolute atomic E-state index is 14.0. The lowest BCUT2D eigenvalue weighted by molar-refractivity contribution is -0.133. The normalized spacial score (nSPS) is 23.6. The van der Waals surface area contributed by atoms with E-state index in [1.807, 2.05) is 60.0 Å². The Kier molecular flexibility index (Phi) is 7.92. The molecule has 1 fully saturated rings. The number of amides is 2. The van der Waals surface area contributed by atoms with Crippen molar-refractivity contribution < 1.29 is 14.3 Å². The number of ether oxygens (including phenoxy) is 1. The Balaban J connectivity index is 1.39. The van der Waals surface area contributed by atoms with Crippen molar-refractivity contribution in [2.24, 2.45) is 11.8 Å². The van der Waals surface area contributed by atoms with Crippen LogP contribution in [0.3, 0.4) is 0 Å². The van der Waals surface area contributed by atoms with Gasteiger partial charge in [-0.15, -0.1) is 0 Å². The maximum Gasteiger partial charge on any atom is 0.271 e. The average Bonchev–Trinajstić information content (AvgIpc) is 3.26. The number of methoxy groups -OCH3 is 1. The fraction of sp³-hybridized carbons (Fsp3) is 0.484. The zero-order valence-electron chi connectivity index (χ0n) is 23.4. The van der Waals surface area contributed by atoms with Crippen LogP contribution in [-0.2, 0) is 17.9 Å². The lowest BCUT2D eigenvalue weighted by Crippen LogP contribution is -2.63. The van der Waals surface area contributed by atoms with Crippen LogP contribution in [0.25, 0.3) is 10.9 Å². The molecule has 39 heavy (non-hydrogen) atoms. The number of likely N-dealkylation sites (tertiary alicyclic amines) is 1. The molecule has 0 bridgehead atoms. The van der Waals surface area contributed by atoms with Gasteiger partial charge in [-0.2, -0.15) is 0 Å². The van der Waals surface area contributed by atoms with Crippen molar-refractivity contribution in [3.63, 3.8) is 0 Å². The Morgan fingerprint density at radius 2 is 1.90 bits per heavy atom. The van der Waals surface area contributed by atoms with Gasteiger partial charge in [-0.1, -0.05) is 37.6 Å². The number of carbonyl (C=O) groups is 2. The summed E-state index contributed by atoms with van der Waals surface area (Å²) in [6, 6.07) is 15.1. The quantitative estimate of drug-likeness (QED) is 0.391. The van der Waals surface area contributed by atoms with Gasteiger partial charge >= 0.3 is 0 Å². The first-order valence-electron chi connectivity index (χ1n) is 13.9. The molecule has 5 rings (SSSR count). The van der Waals surface area contributed by atoms with E-state index in [4.69, 9.17) is 16.3 Å². The smallest absolute Gasteiger partial charge is 0.271 e. The molecule has 7 nitrogen and oxygen atoms in total. The summed E-state index contributed by atoms with van der Waals surface area (Å²) in [6.07, 6.45) is 2.16. The minimum atomic E-state index is -1.09. The number of benzene rings is 2. The zero-order chi connectivity index (χ0) is 27.7. The molecule has 2 amide bonds. The molecule has 3 atom stereocenters. The third-order valence-electron chi connectivity index (χ3n) is 8.24. The molecule has 8 heteroatoms. The van der Waals surface area contributed by atoms with E-state index >= 15 is 0 Å². The van der Waals surface area contributed by atoms with Crippen LogP contribution in [0.15, 0.2) is 48.5 Å². The Hall–Kier alpha value is -3.03. The third-order valence-corrected chi connectivity index (χ3v) is 8.47. The van der Waals surface area contributed by atoms with E-state index < -0.39 is 5.54 Å². The van der Waals surface area contributed by atoms with Crippen LogP contribution in [0.5, 0.6) is 5.75 Å². The van der Waals surface area contributed by atoms with E-state index in [1.54, 1.807) is 12.0 Å². The molecular weight excluding hydrogens is 512 g/mol. The number of nitrogens with one attached hydrogen (secondary N) is 1. The van der Waals surface area contributed by atoms with Gasteiger partial charge in [-0.25, -0.2) is 0 Å². The van der Waals surface area contributed by atoms with Gasteiger partial charge in [0.15, 0.2) is 0 Å². The van der Waals surface area contributed by atoms with Crippen LogP contribution >= 0.6 is 11.6 Å². The standard InChI is InChI=1S/C31H39ClN4O3/c1-21-13-22(2)18-34(17-21)12-6-11-33-30(38)31(3)20-35-27-16-26(39-4)10-9-24(27)15-28(35)29(37)36(31)19-23-7-5-8-25(32)14-23/h5,7-10,14-16,21-22H,6,11-13,17-20H2,1-4H3,(H,33,38)/t21-,22-,31+/m0/s1. The van der Waals surface area contributed by atoms with Crippen LogP contribution in [-0.4, -0.2) is 65.0 Å². The number of piperidine rings is 1. The summed E-state index contributed by atoms with van der Waals surface area (Å²) < 4.78 is 7.41. The van der Waals surface area contributed by atoms with E-state index in [2.05, 4.69) is 24.1 Å². The Labute approximate surface area is 236 Å². The van der Waals surface area contributed by atoms with Gasteiger partial charge in [-0.05, 0) is 74.0 Å². The molecular formula is C31H39ClN4O3. The predicted octanol–water partition coefficient (Wildman–Crippen LogP) is 5.20. The molecule has 0 unspecified atom stereocenters. The summed E-state index contributed by atoms with van der Waals surface area (Å²) >= 11 is 6.26. The van der Waals surface area contributed by atoms with E-state index in [1.165, 1.54) is 6.42 Å². The summed E-state index contributed by atoms with van der Waals surface area (Å²) in [6.45, 7) is 10.9. The molecule has 3 heterocycles. The number of fused-ring (bicyclic) bond motifs is 3. The first kappa shape index (κ1) is 27.5. The van der Waals surface area contributed by atoms with Crippen molar-refractivity contribution in [1.82, 2.24) is 19.7 Å². The summed E-state index contributed by atoms with van der Waals surface area (Å²) in [5.41, 5.74) is 1.25. The number of carbonyl (C=O) groups excluding carboxylic acids is 2. The summed E-state index contributed by atoms with van der Waals surface area (Å²) in [4.78, 5) is 32.1. The minimum Gasteiger partial charge on any atom is -0.497 e. The lowest BCUT2D eigenvalue weighted by Gasteiger charge is -2.44. The molecule has 3 aromatic rings. The summed E-state index contributed by atoms with van der Waals surface area (Å²) in [5, 5.41) is 4.72. The van der Waals surface area contributed by atoms with E-state index in [-0.39, 0.29) is 18.4 Å². The topological polar surface area (TPSA) is 66.8 Å². The van der Waals surface area contributed by atoms with Gasteiger partial charge in [0.25, 0.3) is 5.91 Å². The highest BCUT2D eigenvalue weighted by Crippen LogP contribution is 2.35. The van der Waals surface area contributed by atoms with Gasteiger partial charge in [0.1, 0.15) is 17.0 Å². The van der Waals surface area contributed by atoms with Crippen molar-refractivity contribution in [3.05, 3.63) is 64.8 Å². The van der Waals surface area contributed by atoms with Crippen LogP contribution in [0.2, 0.25) is 5.02 Å². The van der Waals surface area contributed by atoms with E-state index in [9.17, 15) is 9.59 Å². The van der Waals surface area contributed by atoms with Crippen molar-refractivity contribution in [1.29, 1.82) is 0 Å². The first-order valence-corrected chi connectivity index (χ1v) is 14.3. The molecule has 208 valence electrons. The molecule has 2 aromatic carbocycles. The minimum absolute atomic E-state index is 0.145. The van der Waals surface area contributed by atoms with Crippen LogP contribution in [0.4, 0.5) is 0 Å². The van der Waals surface area contributed by atoms with Crippen molar-refractivity contribution in [2.45, 2.75) is 52.2 Å². The Morgan fingerprint density at radius 3 is 2.62 bits per heavy atom. The number of hydrogen-bond acceptors (Lipinski definition) is 4. The second-order valence-corrected chi connectivity index (χ2v) is 12.1. The highest BCUT2D eigenvalue weighted by molar-refractivity contribution is 6.30. The second-order valence-electron chi connectivity index (χ2n) is 11.7. The third kappa shape index (κ3) is 5.66. The SMILES string of the molecule is COc1ccc2cc3n(c2c1)C[C@](C)(C(=O)NCCCN1C[C@@H](C)C[C@H](C)C1)N(Cc1cccc(Cl)c1)C3=O. The molecule has 1 N–H and O–H groups in total. The first-order chi connectivity index (χ1) is 18.7. The molecule has 0 radical (unpaired) electrons. The molecule has 0 saturated carbocycles. The van der Waals surface area contributed by atoms with Gasteiger partial charge in [-0.3, -0.25) is 9.59 Å². The fourth-order valence-electron chi connectivity index (χ4n) is 6.39. The van der Waals surface area contributed by atoms with E-state index in [0.717, 1.165) is 42.5 Å². The summed E-state index contributed by atoms with van der Waals surface area (Å²) in [7, 11) is 1.63. The molecule has 2 aliphatic rings. The monoisotopic (exact) mass is 550 g/mol. The molecule has 1 aromatic heterocycles. The second kappa shape index (κ2) is 11.2. The lowest BCUT2D eigenvalue weighted by atomic mass is 9.92. The maximum atomic E-state index is 14.0. The molecule has 2 aliphatic heterocycles. The van der Waals surface area contributed by atoms with E-state index in [0.29, 0.717) is 41.4 Å². The van der Waals surface area contributed by atoms with Gasteiger partial charge in [0, 0.05) is 42.7 Å². The predicted molar refractivity (Wildman–Crippen MR) is 155 cm³/mol. The number of hydrogen-bond donors (Lipinski definition) is 1. The van der Waals surface area contributed by atoms with Gasteiger partial charge in [0.2, 0.25) is 5.91 Å². The fourth-order valence-corrected chi connectivity index (χ4v) is 6.61. The molecule has 0 aliphatic carbocycles. The summed E-state index contributed by atoms with van der Waals surface area (Å²) in [5.74, 6) is 1.81. The highest BCUT2D eigenvalue weighted by atomic mass is 35.5. The van der Waals surface area contributed by atoms with Crippen molar-refractivity contribution >= 4 is 34.3 Å². The molecule has 1 saturated heterocycles. The number of aromatic nitrogens is 1. The van der Waals surface area contributed by atoms with Crippen molar-refractivity contribution in [2.75, 3.05) is 33.3 Å². The number of rotatable bonds is 8. The van der Waals surface area contributed by atoms with Crippen LogP contribution in [0, 0.1) is 11.8 Å². The van der Waals surface area contributed by atoms with Crippen molar-refractivity contribution in [3.8, 4) is 5.75 Å². The van der Waals surface area contributed by atoms with Crippen LogP contribution in [0.1, 0.15) is 49.7 Å². The number of halogens is 1. The molecule has 0 spiro atoms. The number of nitrogens with zero attached hydrogens (tertiary/aromatic N) is 3. The Morgan fingerprint density at radius 1 is 1.13 bits per heavy atom. The zero-order valence-corrected chi connectivity index (χ0v) is 24.1. The highest BCUT2D eigenvalue weighted by Gasteiger charge is 2.47.